The molecule has 0 aliphatic carbocycles. The molecule has 6 heteroatoms. The Labute approximate surface area is 142 Å². The third kappa shape index (κ3) is 2.89. The van der Waals surface area contributed by atoms with Crippen molar-refractivity contribution in [2.45, 2.75) is 33.0 Å². The predicted molar refractivity (Wildman–Crippen MR) is 93.0 cm³/mol. The summed E-state index contributed by atoms with van der Waals surface area (Å²) in [5, 5.41) is 7.98. The van der Waals surface area contributed by atoms with Crippen LogP contribution in [0.3, 0.4) is 0 Å². The fraction of sp³-hybridized carbons (Fsp3) is 0.444. The molecule has 0 radical (unpaired) electrons. The molecule has 1 aliphatic heterocycles. The van der Waals surface area contributed by atoms with E-state index in [9.17, 15) is 4.79 Å². The number of anilines is 1. The molecule has 1 aromatic heterocycles. The monoisotopic (exact) mass is 328 g/mol. The lowest BCUT2D eigenvalue weighted by Gasteiger charge is -2.37. The summed E-state index contributed by atoms with van der Waals surface area (Å²) in [5.74, 6) is 0.0223. The molecule has 1 N–H and O–H groups in total. The van der Waals surface area contributed by atoms with E-state index in [0.717, 1.165) is 29.9 Å². The van der Waals surface area contributed by atoms with Crippen LogP contribution in [0.1, 0.15) is 41.1 Å². The number of hydrogen-bond donors (Lipinski definition) is 1. The molecule has 0 saturated carbocycles. The van der Waals surface area contributed by atoms with Gasteiger partial charge in [-0.25, -0.2) is 0 Å². The Hall–Kier alpha value is -2.34. The quantitative estimate of drug-likeness (QED) is 0.886. The van der Waals surface area contributed by atoms with E-state index in [4.69, 9.17) is 4.74 Å². The van der Waals surface area contributed by atoms with E-state index < -0.39 is 0 Å². The van der Waals surface area contributed by atoms with Gasteiger partial charge in [0.25, 0.3) is 5.91 Å². The average molecular weight is 328 g/mol. The summed E-state index contributed by atoms with van der Waals surface area (Å²) in [4.78, 5) is 14.8. The SMILES string of the molecule is CCCn1ncc(C2Nc3ccccc3C(=O)N2CCOC)c1C. The van der Waals surface area contributed by atoms with Crippen molar-refractivity contribution in [2.75, 3.05) is 25.6 Å². The van der Waals surface area contributed by atoms with Gasteiger partial charge in [0.15, 0.2) is 0 Å². The van der Waals surface area contributed by atoms with Crippen LogP contribution in [0.15, 0.2) is 30.5 Å². The van der Waals surface area contributed by atoms with Crippen molar-refractivity contribution < 1.29 is 9.53 Å². The van der Waals surface area contributed by atoms with E-state index >= 15 is 0 Å². The van der Waals surface area contributed by atoms with Crippen molar-refractivity contribution in [3.63, 3.8) is 0 Å². The van der Waals surface area contributed by atoms with Gasteiger partial charge in [-0.05, 0) is 25.5 Å². The number of methoxy groups -OCH3 is 1. The number of nitrogens with zero attached hydrogens (tertiary/aromatic N) is 3. The summed E-state index contributed by atoms with van der Waals surface area (Å²) < 4.78 is 7.19. The molecule has 3 rings (SSSR count). The Morgan fingerprint density at radius 2 is 2.08 bits per heavy atom. The maximum Gasteiger partial charge on any atom is 0.257 e. The van der Waals surface area contributed by atoms with Crippen LogP contribution in [0, 0.1) is 6.92 Å². The molecular weight excluding hydrogens is 304 g/mol. The fourth-order valence-corrected chi connectivity index (χ4v) is 3.13. The summed E-state index contributed by atoms with van der Waals surface area (Å²) in [7, 11) is 1.65. The summed E-state index contributed by atoms with van der Waals surface area (Å²) in [6.45, 7) is 6.08. The Morgan fingerprint density at radius 3 is 2.83 bits per heavy atom. The number of nitrogens with one attached hydrogen (secondary N) is 1. The second-order valence-electron chi connectivity index (χ2n) is 5.99. The van der Waals surface area contributed by atoms with E-state index in [1.165, 1.54) is 0 Å². The third-order valence-corrected chi connectivity index (χ3v) is 4.43. The smallest absolute Gasteiger partial charge is 0.257 e. The van der Waals surface area contributed by atoms with Crippen LogP contribution >= 0.6 is 0 Å². The highest BCUT2D eigenvalue weighted by atomic mass is 16.5. The van der Waals surface area contributed by atoms with Crippen molar-refractivity contribution in [1.82, 2.24) is 14.7 Å². The van der Waals surface area contributed by atoms with Gasteiger partial charge in [-0.15, -0.1) is 0 Å². The Kier molecular flexibility index (Phi) is 4.85. The summed E-state index contributed by atoms with van der Waals surface area (Å²) >= 11 is 0. The number of carbonyl (C=O) groups excluding carboxylic acids is 1. The van der Waals surface area contributed by atoms with Crippen LogP contribution in [0.2, 0.25) is 0 Å². The number of benzene rings is 1. The van der Waals surface area contributed by atoms with Crippen LogP contribution in [-0.4, -0.2) is 40.8 Å². The highest BCUT2D eigenvalue weighted by molar-refractivity contribution is 6.01. The van der Waals surface area contributed by atoms with Crippen LogP contribution in [0.5, 0.6) is 0 Å². The number of amides is 1. The standard InChI is InChI=1S/C18H24N4O2/c1-4-9-22-13(2)15(12-19-22)17-20-16-8-6-5-7-14(16)18(23)21(17)10-11-24-3/h5-8,12,17,20H,4,9-11H2,1-3H3. The molecule has 1 aliphatic rings. The first-order chi connectivity index (χ1) is 11.7. The molecular formula is C18H24N4O2. The third-order valence-electron chi connectivity index (χ3n) is 4.43. The molecule has 24 heavy (non-hydrogen) atoms. The van der Waals surface area contributed by atoms with Gasteiger partial charge in [-0.3, -0.25) is 9.48 Å². The van der Waals surface area contributed by atoms with Crippen molar-refractivity contribution in [2.24, 2.45) is 0 Å². The maximum absolute atomic E-state index is 13.0. The van der Waals surface area contributed by atoms with E-state index in [0.29, 0.717) is 18.7 Å². The van der Waals surface area contributed by atoms with Gasteiger partial charge < -0.3 is 15.0 Å². The lowest BCUT2D eigenvalue weighted by Crippen LogP contribution is -2.44. The summed E-state index contributed by atoms with van der Waals surface area (Å²) in [5.41, 5.74) is 3.68. The molecule has 0 saturated heterocycles. The highest BCUT2D eigenvalue weighted by Gasteiger charge is 2.34. The normalized spacial score (nSPS) is 16.9. The minimum atomic E-state index is -0.229. The molecule has 1 unspecified atom stereocenters. The molecule has 1 amide bonds. The number of aryl methyl sites for hydroxylation is 1. The summed E-state index contributed by atoms with van der Waals surface area (Å²) in [6, 6.07) is 7.62. The number of fused-ring (bicyclic) bond motifs is 1. The zero-order valence-corrected chi connectivity index (χ0v) is 14.5. The van der Waals surface area contributed by atoms with Crippen LogP contribution in [0.4, 0.5) is 5.69 Å². The van der Waals surface area contributed by atoms with Crippen LogP contribution in [-0.2, 0) is 11.3 Å². The topological polar surface area (TPSA) is 59.4 Å². The van der Waals surface area contributed by atoms with Gasteiger partial charge in [0.2, 0.25) is 0 Å². The number of hydrogen-bond acceptors (Lipinski definition) is 4. The van der Waals surface area contributed by atoms with Crippen molar-refractivity contribution >= 4 is 11.6 Å². The first-order valence-corrected chi connectivity index (χ1v) is 8.35. The van der Waals surface area contributed by atoms with Crippen molar-refractivity contribution in [3.8, 4) is 0 Å². The van der Waals surface area contributed by atoms with E-state index in [-0.39, 0.29) is 12.1 Å². The van der Waals surface area contributed by atoms with Crippen molar-refractivity contribution in [3.05, 3.63) is 47.3 Å². The second kappa shape index (κ2) is 7.05. The maximum atomic E-state index is 13.0. The minimum absolute atomic E-state index is 0.0223. The predicted octanol–water partition coefficient (Wildman–Crippen LogP) is 2.81. The van der Waals surface area contributed by atoms with E-state index in [2.05, 4.69) is 24.3 Å². The molecule has 1 aromatic carbocycles. The number of para-hydroxylation sites is 1. The first-order valence-electron chi connectivity index (χ1n) is 8.35. The van der Waals surface area contributed by atoms with Gasteiger partial charge in [-0.1, -0.05) is 19.1 Å². The molecule has 128 valence electrons. The Balaban J connectivity index is 1.99. The zero-order chi connectivity index (χ0) is 17.1. The molecule has 0 fully saturated rings. The summed E-state index contributed by atoms with van der Waals surface area (Å²) in [6.07, 6.45) is 2.66. The molecule has 2 aromatic rings. The molecule has 6 nitrogen and oxygen atoms in total. The number of rotatable bonds is 6. The largest absolute Gasteiger partial charge is 0.383 e. The number of carbonyl (C=O) groups is 1. The Bertz CT molecular complexity index is 726. The van der Waals surface area contributed by atoms with Gasteiger partial charge in [0.1, 0.15) is 6.17 Å². The molecule has 0 bridgehead atoms. The van der Waals surface area contributed by atoms with Gasteiger partial charge in [0.05, 0.1) is 18.4 Å². The van der Waals surface area contributed by atoms with E-state index in [1.54, 1.807) is 7.11 Å². The lowest BCUT2D eigenvalue weighted by molar-refractivity contribution is 0.0609. The van der Waals surface area contributed by atoms with Crippen LogP contribution in [0.25, 0.3) is 0 Å². The lowest BCUT2D eigenvalue weighted by atomic mass is 10.0. The molecule has 0 spiro atoms. The molecule has 1 atom stereocenters. The zero-order valence-electron chi connectivity index (χ0n) is 14.5. The van der Waals surface area contributed by atoms with Crippen LogP contribution < -0.4 is 5.32 Å². The Morgan fingerprint density at radius 1 is 1.29 bits per heavy atom. The number of ether oxygens (including phenoxy) is 1. The highest BCUT2D eigenvalue weighted by Crippen LogP contribution is 2.33. The average Bonchev–Trinajstić information content (AvgIpc) is 2.95. The minimum Gasteiger partial charge on any atom is -0.383 e. The second-order valence-corrected chi connectivity index (χ2v) is 5.99. The first kappa shape index (κ1) is 16.5. The van der Waals surface area contributed by atoms with Gasteiger partial charge in [-0.2, -0.15) is 5.10 Å². The van der Waals surface area contributed by atoms with Gasteiger partial charge >= 0.3 is 0 Å². The number of aromatic nitrogens is 2. The molecule has 2 heterocycles. The van der Waals surface area contributed by atoms with Gasteiger partial charge in [0, 0.05) is 37.1 Å². The van der Waals surface area contributed by atoms with E-state index in [1.807, 2.05) is 40.0 Å². The fourth-order valence-electron chi connectivity index (χ4n) is 3.13. The van der Waals surface area contributed by atoms with Crippen molar-refractivity contribution in [1.29, 1.82) is 0 Å².